The van der Waals surface area contributed by atoms with Gasteiger partial charge in [-0.3, -0.25) is 4.79 Å². The molecular weight excluding hydrogens is 280 g/mol. The lowest BCUT2D eigenvalue weighted by Crippen LogP contribution is -2.42. The minimum atomic E-state index is 0.314. The Morgan fingerprint density at radius 2 is 1.90 bits per heavy atom. The molecule has 1 atom stereocenters. The van der Waals surface area contributed by atoms with Gasteiger partial charge in [0, 0.05) is 31.6 Å². The first-order valence-electron chi connectivity index (χ1n) is 7.97. The van der Waals surface area contributed by atoms with Crippen LogP contribution >= 0.6 is 11.8 Å². The summed E-state index contributed by atoms with van der Waals surface area (Å²) in [5.74, 6) is 2.83. The van der Waals surface area contributed by atoms with Crippen LogP contribution in [-0.4, -0.2) is 47.5 Å². The normalized spacial score (nSPS) is 23.7. The van der Waals surface area contributed by atoms with Crippen LogP contribution in [0, 0.1) is 0 Å². The number of nitrogens with one attached hydrogen (secondary N) is 1. The van der Waals surface area contributed by atoms with Crippen LogP contribution in [0.25, 0.3) is 0 Å². The number of likely N-dealkylation sites (tertiary alicyclic amines) is 1. The summed E-state index contributed by atoms with van der Waals surface area (Å²) in [5, 5.41) is 3.70. The van der Waals surface area contributed by atoms with Crippen molar-refractivity contribution in [2.45, 2.75) is 37.8 Å². The van der Waals surface area contributed by atoms with E-state index < -0.39 is 0 Å². The van der Waals surface area contributed by atoms with Crippen LogP contribution in [0.3, 0.4) is 0 Å². The average molecular weight is 304 g/mol. The molecule has 3 rings (SSSR count). The standard InChI is InChI=1S/C17H24N2OS/c20-17-12-16(18-15-7-10-21-11-8-15)13-19(17)9-6-14-4-2-1-3-5-14/h1-5,15-16,18H,6-13H2/t16-/m1/s1. The third-order valence-electron chi connectivity index (χ3n) is 4.42. The van der Waals surface area contributed by atoms with Crippen molar-refractivity contribution in [1.29, 1.82) is 0 Å². The van der Waals surface area contributed by atoms with E-state index in [1.165, 1.54) is 29.9 Å². The van der Waals surface area contributed by atoms with Crippen molar-refractivity contribution in [2.24, 2.45) is 0 Å². The van der Waals surface area contributed by atoms with E-state index in [9.17, 15) is 4.79 Å². The molecule has 0 aliphatic carbocycles. The number of thioether (sulfide) groups is 1. The Labute approximate surface area is 131 Å². The smallest absolute Gasteiger partial charge is 0.224 e. The van der Waals surface area contributed by atoms with Gasteiger partial charge in [0.15, 0.2) is 0 Å². The molecule has 2 heterocycles. The van der Waals surface area contributed by atoms with Gasteiger partial charge in [0.25, 0.3) is 0 Å². The van der Waals surface area contributed by atoms with Gasteiger partial charge in [0.05, 0.1) is 0 Å². The molecule has 2 saturated heterocycles. The molecule has 1 amide bonds. The molecule has 0 radical (unpaired) electrons. The predicted molar refractivity (Wildman–Crippen MR) is 88.6 cm³/mol. The summed E-state index contributed by atoms with van der Waals surface area (Å²) in [5.41, 5.74) is 1.31. The van der Waals surface area contributed by atoms with Gasteiger partial charge in [-0.1, -0.05) is 30.3 Å². The lowest BCUT2D eigenvalue weighted by molar-refractivity contribution is -0.127. The number of hydrogen-bond donors (Lipinski definition) is 1. The van der Waals surface area contributed by atoms with Crippen LogP contribution in [0.5, 0.6) is 0 Å². The second-order valence-electron chi connectivity index (χ2n) is 6.03. The number of carbonyl (C=O) groups excluding carboxylic acids is 1. The van der Waals surface area contributed by atoms with Gasteiger partial charge in [-0.25, -0.2) is 0 Å². The number of rotatable bonds is 5. The predicted octanol–water partition coefficient (Wildman–Crippen LogP) is 2.32. The summed E-state index contributed by atoms with van der Waals surface area (Å²) in [6.07, 6.45) is 4.14. The molecule has 3 nitrogen and oxygen atoms in total. The fourth-order valence-corrected chi connectivity index (χ4v) is 4.31. The van der Waals surface area contributed by atoms with Gasteiger partial charge in [-0.2, -0.15) is 11.8 Å². The molecule has 0 spiro atoms. The minimum Gasteiger partial charge on any atom is -0.341 e. The molecule has 0 aromatic heterocycles. The van der Waals surface area contributed by atoms with Crippen LogP contribution < -0.4 is 5.32 Å². The molecule has 1 N–H and O–H groups in total. The van der Waals surface area contributed by atoms with Crippen molar-refractivity contribution in [3.05, 3.63) is 35.9 Å². The number of nitrogens with zero attached hydrogens (tertiary/aromatic N) is 1. The number of benzene rings is 1. The number of amides is 1. The maximum Gasteiger partial charge on any atom is 0.224 e. The highest BCUT2D eigenvalue weighted by Gasteiger charge is 2.30. The molecule has 2 aliphatic rings. The minimum absolute atomic E-state index is 0.314. The number of carbonyl (C=O) groups is 1. The topological polar surface area (TPSA) is 32.3 Å². The van der Waals surface area contributed by atoms with Gasteiger partial charge in [-0.05, 0) is 36.3 Å². The van der Waals surface area contributed by atoms with E-state index in [4.69, 9.17) is 0 Å². The molecule has 0 saturated carbocycles. The zero-order chi connectivity index (χ0) is 14.5. The van der Waals surface area contributed by atoms with Crippen LogP contribution in [0.4, 0.5) is 0 Å². The Balaban J connectivity index is 1.45. The zero-order valence-electron chi connectivity index (χ0n) is 12.5. The fraction of sp³-hybridized carbons (Fsp3) is 0.588. The first-order valence-corrected chi connectivity index (χ1v) is 9.12. The van der Waals surface area contributed by atoms with E-state index in [0.29, 0.717) is 24.4 Å². The average Bonchev–Trinajstić information content (AvgIpc) is 2.87. The molecule has 114 valence electrons. The second-order valence-corrected chi connectivity index (χ2v) is 7.25. The van der Waals surface area contributed by atoms with Crippen LogP contribution in [0.1, 0.15) is 24.8 Å². The molecule has 0 bridgehead atoms. The molecule has 21 heavy (non-hydrogen) atoms. The van der Waals surface area contributed by atoms with Gasteiger partial charge in [0.2, 0.25) is 5.91 Å². The Hall–Kier alpha value is -1.00. The molecule has 2 aliphatic heterocycles. The summed E-state index contributed by atoms with van der Waals surface area (Å²) in [6, 6.07) is 11.4. The summed E-state index contributed by atoms with van der Waals surface area (Å²) < 4.78 is 0. The van der Waals surface area contributed by atoms with Crippen molar-refractivity contribution < 1.29 is 4.79 Å². The Bertz CT molecular complexity index is 459. The van der Waals surface area contributed by atoms with Crippen molar-refractivity contribution in [3.8, 4) is 0 Å². The van der Waals surface area contributed by atoms with Crippen LogP contribution in [-0.2, 0) is 11.2 Å². The van der Waals surface area contributed by atoms with Gasteiger partial charge >= 0.3 is 0 Å². The molecular formula is C17H24N2OS. The highest BCUT2D eigenvalue weighted by molar-refractivity contribution is 7.99. The molecule has 2 fully saturated rings. The first kappa shape index (κ1) is 14.9. The molecule has 0 unspecified atom stereocenters. The van der Waals surface area contributed by atoms with Crippen molar-refractivity contribution in [1.82, 2.24) is 10.2 Å². The molecule has 4 heteroatoms. The van der Waals surface area contributed by atoms with E-state index in [-0.39, 0.29) is 0 Å². The SMILES string of the molecule is O=C1C[C@@H](NC2CCSCC2)CN1CCc1ccccc1. The fourth-order valence-electron chi connectivity index (χ4n) is 3.21. The number of hydrogen-bond acceptors (Lipinski definition) is 3. The maximum absolute atomic E-state index is 12.1. The third kappa shape index (κ3) is 4.24. The second kappa shape index (κ2) is 7.32. The van der Waals surface area contributed by atoms with Crippen molar-refractivity contribution in [2.75, 3.05) is 24.6 Å². The lowest BCUT2D eigenvalue weighted by atomic mass is 10.1. The molecule has 1 aromatic carbocycles. The van der Waals surface area contributed by atoms with E-state index in [1.807, 2.05) is 22.7 Å². The van der Waals surface area contributed by atoms with Crippen molar-refractivity contribution in [3.63, 3.8) is 0 Å². The maximum atomic E-state index is 12.1. The monoisotopic (exact) mass is 304 g/mol. The van der Waals surface area contributed by atoms with E-state index in [2.05, 4.69) is 29.6 Å². The lowest BCUT2D eigenvalue weighted by Gasteiger charge is -2.26. The van der Waals surface area contributed by atoms with E-state index in [1.54, 1.807) is 0 Å². The summed E-state index contributed by atoms with van der Waals surface area (Å²) >= 11 is 2.05. The summed E-state index contributed by atoms with van der Waals surface area (Å²) in [6.45, 7) is 1.73. The Kier molecular flexibility index (Phi) is 5.20. The highest BCUT2D eigenvalue weighted by atomic mass is 32.2. The highest BCUT2D eigenvalue weighted by Crippen LogP contribution is 2.20. The largest absolute Gasteiger partial charge is 0.341 e. The quantitative estimate of drug-likeness (QED) is 0.906. The van der Waals surface area contributed by atoms with E-state index >= 15 is 0 Å². The Morgan fingerprint density at radius 3 is 2.67 bits per heavy atom. The summed E-state index contributed by atoms with van der Waals surface area (Å²) in [7, 11) is 0. The van der Waals surface area contributed by atoms with Gasteiger partial charge in [-0.15, -0.1) is 0 Å². The van der Waals surface area contributed by atoms with Crippen LogP contribution in [0.2, 0.25) is 0 Å². The van der Waals surface area contributed by atoms with E-state index in [0.717, 1.165) is 19.5 Å². The van der Waals surface area contributed by atoms with Gasteiger partial charge in [0.1, 0.15) is 0 Å². The Morgan fingerprint density at radius 1 is 1.14 bits per heavy atom. The first-order chi connectivity index (χ1) is 10.3. The molecule has 1 aromatic rings. The summed E-state index contributed by atoms with van der Waals surface area (Å²) in [4.78, 5) is 14.2. The van der Waals surface area contributed by atoms with Crippen molar-refractivity contribution >= 4 is 17.7 Å². The van der Waals surface area contributed by atoms with Gasteiger partial charge < -0.3 is 10.2 Å². The third-order valence-corrected chi connectivity index (χ3v) is 5.47. The zero-order valence-corrected chi connectivity index (χ0v) is 13.3. The van der Waals surface area contributed by atoms with Crippen LogP contribution in [0.15, 0.2) is 30.3 Å².